The zero-order valence-electron chi connectivity index (χ0n) is 8.07. The molecule has 1 aliphatic carbocycles. The fraction of sp³-hybridized carbons (Fsp3) is 0.300. The van der Waals surface area contributed by atoms with Crippen molar-refractivity contribution in [3.05, 3.63) is 46.1 Å². The zero-order chi connectivity index (χ0) is 5.11. The van der Waals surface area contributed by atoms with E-state index in [1.165, 1.54) is 5.57 Å². The Kier molecular flexibility index (Phi) is 26.6. The van der Waals surface area contributed by atoms with Crippen LogP contribution in [0.3, 0.4) is 0 Å². The standard InChI is InChI=1S/C7H9.3CH3.Zr/c1-2-7-5-3-4-6-7;;;;/h3,5H,2,4H2,1H3;3*1H3;/q4*-1;+4. The van der Waals surface area contributed by atoms with Crippen LogP contribution in [0.1, 0.15) is 19.8 Å². The summed E-state index contributed by atoms with van der Waals surface area (Å²) in [5.74, 6) is 0. The van der Waals surface area contributed by atoms with E-state index in [1.54, 1.807) is 0 Å². The molecule has 0 fully saturated rings. The third-order valence-electron chi connectivity index (χ3n) is 1.15. The van der Waals surface area contributed by atoms with Gasteiger partial charge in [-0.15, -0.1) is 6.42 Å². The topological polar surface area (TPSA) is 0 Å². The minimum absolute atomic E-state index is 0. The second-order valence-corrected chi connectivity index (χ2v) is 1.66. The molecular weight excluding hydrogens is 211 g/mol. The fourth-order valence-corrected chi connectivity index (χ4v) is 0.693. The number of rotatable bonds is 1. The largest absolute Gasteiger partial charge is 4.00 e. The smallest absolute Gasteiger partial charge is 0.358 e. The first-order valence-corrected chi connectivity index (χ1v) is 2.69. The van der Waals surface area contributed by atoms with E-state index in [0.29, 0.717) is 0 Å². The Labute approximate surface area is 91.9 Å². The Morgan fingerprint density at radius 1 is 1.36 bits per heavy atom. The number of allylic oxidation sites excluding steroid dienone is 4. The van der Waals surface area contributed by atoms with Crippen LogP contribution in [0.4, 0.5) is 0 Å². The molecule has 0 N–H and O–H groups in total. The Hall–Kier alpha value is 0.363. The molecule has 0 amide bonds. The molecule has 62 valence electrons. The molecule has 0 radical (unpaired) electrons. The average Bonchev–Trinajstić information content (AvgIpc) is 2.14. The monoisotopic (exact) mass is 228 g/mol. The van der Waals surface area contributed by atoms with Crippen LogP contribution in [0.15, 0.2) is 17.7 Å². The Morgan fingerprint density at radius 3 is 2.09 bits per heavy atom. The van der Waals surface area contributed by atoms with Crippen molar-refractivity contribution in [2.75, 3.05) is 0 Å². The van der Waals surface area contributed by atoms with Crippen molar-refractivity contribution in [1.82, 2.24) is 0 Å². The molecule has 0 saturated heterocycles. The SMILES string of the molecule is CCC1=[C-]CC=C1.[CH3-].[CH3-].[CH3-].[Zr+4]. The summed E-state index contributed by atoms with van der Waals surface area (Å²) in [6.45, 7) is 2.15. The van der Waals surface area contributed by atoms with E-state index < -0.39 is 0 Å². The van der Waals surface area contributed by atoms with Gasteiger partial charge in [-0.05, 0) is 0 Å². The zero-order valence-corrected chi connectivity index (χ0v) is 10.5. The molecule has 0 nitrogen and oxygen atoms in total. The summed E-state index contributed by atoms with van der Waals surface area (Å²) in [6.07, 6.45) is 9.65. The first kappa shape index (κ1) is 22.5. The second kappa shape index (κ2) is 13.0. The van der Waals surface area contributed by atoms with Gasteiger partial charge in [-0.1, -0.05) is 13.3 Å². The maximum absolute atomic E-state index is 3.21. The van der Waals surface area contributed by atoms with Gasteiger partial charge in [0, 0.05) is 0 Å². The second-order valence-electron chi connectivity index (χ2n) is 1.66. The quantitative estimate of drug-likeness (QED) is 0.604. The Balaban J connectivity index is -0.0000000612. The minimum Gasteiger partial charge on any atom is -0.358 e. The predicted molar refractivity (Wildman–Crippen MR) is 50.0 cm³/mol. The summed E-state index contributed by atoms with van der Waals surface area (Å²) in [7, 11) is 0. The molecule has 0 heterocycles. The maximum atomic E-state index is 3.21. The van der Waals surface area contributed by atoms with Crippen molar-refractivity contribution in [2.24, 2.45) is 0 Å². The first-order valence-electron chi connectivity index (χ1n) is 2.69. The van der Waals surface area contributed by atoms with Crippen LogP contribution < -0.4 is 0 Å². The van der Waals surface area contributed by atoms with E-state index in [2.05, 4.69) is 25.2 Å². The molecule has 1 rings (SSSR count). The van der Waals surface area contributed by atoms with Crippen LogP contribution in [0.2, 0.25) is 0 Å². The first-order chi connectivity index (χ1) is 3.43. The van der Waals surface area contributed by atoms with Gasteiger partial charge in [-0.25, -0.2) is 11.6 Å². The normalized spacial score (nSPS) is 11.2. The third kappa shape index (κ3) is 8.27. The molecule has 1 heteroatoms. The van der Waals surface area contributed by atoms with E-state index in [9.17, 15) is 0 Å². The molecule has 11 heavy (non-hydrogen) atoms. The molecule has 0 unspecified atom stereocenters. The molecule has 0 aromatic heterocycles. The molecule has 0 bridgehead atoms. The van der Waals surface area contributed by atoms with Gasteiger partial charge in [0.25, 0.3) is 0 Å². The van der Waals surface area contributed by atoms with Crippen molar-refractivity contribution in [1.29, 1.82) is 0 Å². The van der Waals surface area contributed by atoms with Gasteiger partial charge in [0.15, 0.2) is 0 Å². The summed E-state index contributed by atoms with van der Waals surface area (Å²) < 4.78 is 0. The minimum atomic E-state index is 0. The number of hydrogen-bond donors (Lipinski definition) is 0. The van der Waals surface area contributed by atoms with Crippen molar-refractivity contribution in [3.63, 3.8) is 0 Å². The van der Waals surface area contributed by atoms with Gasteiger partial charge in [0.1, 0.15) is 0 Å². The Bertz CT molecular complexity index is 112. The molecule has 0 aromatic carbocycles. The van der Waals surface area contributed by atoms with Crippen LogP contribution >= 0.6 is 0 Å². The van der Waals surface area contributed by atoms with E-state index in [4.69, 9.17) is 0 Å². The summed E-state index contributed by atoms with van der Waals surface area (Å²) in [5, 5.41) is 0. The summed E-state index contributed by atoms with van der Waals surface area (Å²) in [5.41, 5.74) is 1.36. The molecule has 0 saturated carbocycles. The van der Waals surface area contributed by atoms with Gasteiger partial charge in [0.2, 0.25) is 0 Å². The molecule has 0 spiro atoms. The van der Waals surface area contributed by atoms with E-state index in [1.807, 2.05) is 0 Å². The molecule has 0 aromatic rings. The predicted octanol–water partition coefficient (Wildman–Crippen LogP) is 3.43. The van der Waals surface area contributed by atoms with Crippen molar-refractivity contribution in [3.8, 4) is 0 Å². The van der Waals surface area contributed by atoms with Crippen molar-refractivity contribution >= 4 is 0 Å². The van der Waals surface area contributed by atoms with Gasteiger partial charge in [-0.3, -0.25) is 6.08 Å². The summed E-state index contributed by atoms with van der Waals surface area (Å²) in [6, 6.07) is 0. The summed E-state index contributed by atoms with van der Waals surface area (Å²) in [4.78, 5) is 0. The maximum Gasteiger partial charge on any atom is 4.00 e. The molecule has 0 atom stereocenters. The van der Waals surface area contributed by atoms with Crippen molar-refractivity contribution < 1.29 is 26.2 Å². The molecular formula is C10H18Zr. The van der Waals surface area contributed by atoms with E-state index in [-0.39, 0.29) is 48.5 Å². The molecule has 0 aliphatic heterocycles. The van der Waals surface area contributed by atoms with Crippen LogP contribution in [0.25, 0.3) is 0 Å². The number of hydrogen-bond acceptors (Lipinski definition) is 0. The van der Waals surface area contributed by atoms with Gasteiger partial charge >= 0.3 is 26.2 Å². The Morgan fingerprint density at radius 2 is 1.91 bits per heavy atom. The van der Waals surface area contributed by atoms with Gasteiger partial charge < -0.3 is 22.3 Å². The van der Waals surface area contributed by atoms with Crippen LogP contribution in [0, 0.1) is 28.4 Å². The van der Waals surface area contributed by atoms with E-state index in [0.717, 1.165) is 12.8 Å². The average molecular weight is 229 g/mol. The van der Waals surface area contributed by atoms with E-state index >= 15 is 0 Å². The fourth-order valence-electron chi connectivity index (χ4n) is 0.693. The van der Waals surface area contributed by atoms with Gasteiger partial charge in [-0.2, -0.15) is 6.08 Å². The summed E-state index contributed by atoms with van der Waals surface area (Å²) >= 11 is 0. The third-order valence-corrected chi connectivity index (χ3v) is 1.15. The van der Waals surface area contributed by atoms with Crippen LogP contribution in [0.5, 0.6) is 0 Å². The van der Waals surface area contributed by atoms with Crippen molar-refractivity contribution in [2.45, 2.75) is 19.8 Å². The van der Waals surface area contributed by atoms with Crippen LogP contribution in [-0.2, 0) is 26.2 Å². The van der Waals surface area contributed by atoms with Crippen LogP contribution in [-0.4, -0.2) is 0 Å². The van der Waals surface area contributed by atoms with Gasteiger partial charge in [0.05, 0.1) is 0 Å². The molecule has 1 aliphatic rings.